The van der Waals surface area contributed by atoms with Crippen molar-refractivity contribution in [3.05, 3.63) is 62.3 Å². The predicted octanol–water partition coefficient (Wildman–Crippen LogP) is 2.73. The van der Waals surface area contributed by atoms with E-state index < -0.39 is 5.63 Å². The normalized spacial score (nSPS) is 15.5. The zero-order valence-electron chi connectivity index (χ0n) is 15.7. The third kappa shape index (κ3) is 3.99. The number of nitrogens with one attached hydrogen (secondary N) is 2. The zero-order chi connectivity index (χ0) is 20.4. The van der Waals surface area contributed by atoms with E-state index in [4.69, 9.17) is 0 Å². The van der Waals surface area contributed by atoms with Crippen LogP contribution in [0, 0.1) is 11.3 Å². The summed E-state index contributed by atoms with van der Waals surface area (Å²) in [6.45, 7) is 0. The van der Waals surface area contributed by atoms with Crippen LogP contribution in [0.25, 0.3) is 0 Å². The van der Waals surface area contributed by atoms with E-state index in [0.717, 1.165) is 36.6 Å². The van der Waals surface area contributed by atoms with Crippen molar-refractivity contribution >= 4 is 34.0 Å². The molecule has 1 aliphatic rings. The lowest BCUT2D eigenvalue weighted by atomic mass is 9.83. The number of hydrogen-bond acceptors (Lipinski definition) is 6. The second kappa shape index (κ2) is 8.27. The maximum absolute atomic E-state index is 12.4. The van der Waals surface area contributed by atoms with Crippen LogP contribution < -0.4 is 15.6 Å². The Bertz CT molecular complexity index is 1140. The lowest BCUT2D eigenvalue weighted by molar-refractivity contribution is -0.772. The number of fused-ring (bicyclic) bond motifs is 1. The number of H-pyrrole nitrogens is 1. The number of nitrogens with zero attached hydrogens (tertiary/aromatic N) is 2. The van der Waals surface area contributed by atoms with E-state index in [1.807, 2.05) is 18.2 Å². The monoisotopic (exact) mass is 427 g/mol. The van der Waals surface area contributed by atoms with Crippen LogP contribution in [0.2, 0.25) is 0 Å². The van der Waals surface area contributed by atoms with E-state index in [1.54, 1.807) is 7.05 Å². The highest BCUT2D eigenvalue weighted by molar-refractivity contribution is 7.99. The maximum atomic E-state index is 12.4. The number of hydrogen-bond donors (Lipinski definition) is 2. The van der Waals surface area contributed by atoms with Crippen molar-refractivity contribution in [1.29, 1.82) is 5.26 Å². The van der Waals surface area contributed by atoms with Crippen molar-refractivity contribution in [2.24, 2.45) is 7.05 Å². The minimum atomic E-state index is -0.512. The number of carbonyl (C=O) groups excluding carboxylic acids is 1. The van der Waals surface area contributed by atoms with E-state index >= 15 is 0 Å². The molecule has 1 unspecified atom stereocenters. The molecule has 0 saturated carbocycles. The zero-order valence-corrected chi connectivity index (χ0v) is 17.4. The molecule has 4 rings (SSSR count). The number of benzene rings is 1. The third-order valence-corrected chi connectivity index (χ3v) is 7.29. The number of thioether (sulfide) groups is 1. The summed E-state index contributed by atoms with van der Waals surface area (Å²) in [6.07, 6.45) is 2.70. The average Bonchev–Trinajstić information content (AvgIpc) is 3.24. The van der Waals surface area contributed by atoms with Gasteiger partial charge in [-0.1, -0.05) is 35.0 Å². The van der Waals surface area contributed by atoms with Crippen LogP contribution in [0.1, 0.15) is 33.9 Å². The Balaban J connectivity index is 1.48. The summed E-state index contributed by atoms with van der Waals surface area (Å²) < 4.78 is 6.10. The summed E-state index contributed by atoms with van der Waals surface area (Å²) in [4.78, 5) is 25.2. The summed E-state index contributed by atoms with van der Waals surface area (Å²) in [5.41, 5.74) is 2.43. The van der Waals surface area contributed by atoms with Crippen molar-refractivity contribution in [3.63, 3.8) is 0 Å². The van der Waals surface area contributed by atoms with Crippen molar-refractivity contribution in [3.8, 4) is 6.07 Å². The molecule has 0 spiro atoms. The van der Waals surface area contributed by atoms with Gasteiger partial charge in [-0.15, -0.1) is 11.3 Å². The molecule has 1 aliphatic carbocycles. The van der Waals surface area contributed by atoms with Crippen molar-refractivity contribution in [2.45, 2.75) is 30.2 Å². The second-order valence-electron chi connectivity index (χ2n) is 6.85. The number of anilines is 1. The van der Waals surface area contributed by atoms with Gasteiger partial charge in [0.05, 0.1) is 11.3 Å². The van der Waals surface area contributed by atoms with Gasteiger partial charge in [-0.3, -0.25) is 9.32 Å². The van der Waals surface area contributed by atoms with Crippen molar-refractivity contribution < 1.29 is 14.0 Å². The van der Waals surface area contributed by atoms with Gasteiger partial charge in [0.25, 0.3) is 0 Å². The molecule has 0 saturated heterocycles. The van der Waals surface area contributed by atoms with Gasteiger partial charge in [0, 0.05) is 4.88 Å². The van der Waals surface area contributed by atoms with Gasteiger partial charge in [-0.25, -0.2) is 4.79 Å². The Labute approximate surface area is 175 Å². The Morgan fingerprint density at radius 1 is 1.45 bits per heavy atom. The Kier molecular flexibility index (Phi) is 5.56. The van der Waals surface area contributed by atoms with Crippen molar-refractivity contribution in [2.75, 3.05) is 11.1 Å². The molecule has 2 N–H and O–H groups in total. The molecule has 3 aromatic rings. The smallest absolute Gasteiger partial charge is 0.316 e. The summed E-state index contributed by atoms with van der Waals surface area (Å²) in [5, 5.41) is 15.8. The first-order chi connectivity index (χ1) is 14.1. The van der Waals surface area contributed by atoms with Gasteiger partial charge in [0.15, 0.2) is 7.05 Å². The number of nitriles is 1. The van der Waals surface area contributed by atoms with Crippen LogP contribution in [-0.4, -0.2) is 16.9 Å². The number of aryl methyl sites for hydroxylation is 1. The molecule has 9 heteroatoms. The fourth-order valence-corrected chi connectivity index (χ4v) is 5.61. The summed E-state index contributed by atoms with van der Waals surface area (Å²) in [7, 11) is 1.63. The molecule has 1 amide bonds. The number of rotatable bonds is 5. The Morgan fingerprint density at radius 3 is 2.93 bits per heavy atom. The van der Waals surface area contributed by atoms with Gasteiger partial charge >= 0.3 is 10.7 Å². The van der Waals surface area contributed by atoms with E-state index in [1.165, 1.54) is 26.5 Å². The van der Waals surface area contributed by atoms with Gasteiger partial charge in [-0.2, -0.15) is 5.26 Å². The molecular weight excluding hydrogens is 408 g/mol. The Hall–Kier alpha value is -2.83. The summed E-state index contributed by atoms with van der Waals surface area (Å²) in [6, 6.07) is 12.7. The lowest BCUT2D eigenvalue weighted by Gasteiger charge is -2.22. The lowest BCUT2D eigenvalue weighted by Crippen LogP contribution is -2.34. The number of aromatic amines is 1. The van der Waals surface area contributed by atoms with Crippen molar-refractivity contribution in [1.82, 2.24) is 5.27 Å². The topological polar surface area (TPSA) is 103 Å². The van der Waals surface area contributed by atoms with Crippen LogP contribution in [0.3, 0.4) is 0 Å². The van der Waals surface area contributed by atoms with E-state index in [0.29, 0.717) is 21.5 Å². The largest absolute Gasteiger partial charge is 0.441 e. The molecule has 1 atom stereocenters. The highest BCUT2D eigenvalue weighted by Crippen LogP contribution is 2.42. The minimum Gasteiger partial charge on any atom is -0.316 e. The van der Waals surface area contributed by atoms with E-state index in [-0.39, 0.29) is 11.7 Å². The highest BCUT2D eigenvalue weighted by atomic mass is 32.2. The number of aromatic nitrogens is 2. The predicted molar refractivity (Wildman–Crippen MR) is 110 cm³/mol. The van der Waals surface area contributed by atoms with Gasteiger partial charge < -0.3 is 5.32 Å². The van der Waals surface area contributed by atoms with Crippen LogP contribution in [0.5, 0.6) is 0 Å². The molecule has 0 aliphatic heterocycles. The molecule has 2 heterocycles. The first kappa shape index (κ1) is 19.5. The highest BCUT2D eigenvalue weighted by Gasteiger charge is 2.27. The molecular formula is C20H19N4O3S2+. The van der Waals surface area contributed by atoms with E-state index in [2.05, 4.69) is 33.3 Å². The standard InChI is InChI=1S/C20H18N4O3S2/c1-24-19(20(26)27-23-24)28-11-17(25)22-18-15(10-21)14-8-7-13(9-16(14)29-18)12-5-3-2-4-6-12/h2-6,13H,7-9,11H2,1H3,(H-,22,23,25,26)/p+1. The number of amides is 1. The summed E-state index contributed by atoms with van der Waals surface area (Å²) >= 11 is 2.58. The van der Waals surface area contributed by atoms with Crippen LogP contribution >= 0.6 is 23.1 Å². The van der Waals surface area contributed by atoms with Gasteiger partial charge in [0.1, 0.15) is 11.1 Å². The fourth-order valence-electron chi connectivity index (χ4n) is 3.59. The quantitative estimate of drug-likeness (QED) is 0.481. The molecule has 148 valence electrons. The molecule has 7 nitrogen and oxygen atoms in total. The van der Waals surface area contributed by atoms with Gasteiger partial charge in [-0.05, 0) is 53.3 Å². The molecule has 0 radical (unpaired) electrons. The fraction of sp³-hybridized carbons (Fsp3) is 0.300. The maximum Gasteiger partial charge on any atom is 0.441 e. The van der Waals surface area contributed by atoms with Crippen LogP contribution in [0.15, 0.2) is 44.7 Å². The molecule has 2 aromatic heterocycles. The minimum absolute atomic E-state index is 0.0521. The van der Waals surface area contributed by atoms with Crippen LogP contribution in [0.4, 0.5) is 5.00 Å². The van der Waals surface area contributed by atoms with Crippen LogP contribution in [-0.2, 0) is 24.7 Å². The molecule has 29 heavy (non-hydrogen) atoms. The first-order valence-corrected chi connectivity index (χ1v) is 11.0. The molecule has 1 aromatic carbocycles. The molecule has 0 bridgehead atoms. The second-order valence-corrected chi connectivity index (χ2v) is 8.92. The number of carbonyl (C=O) groups is 1. The van der Waals surface area contributed by atoms with Gasteiger partial charge in [0.2, 0.25) is 5.91 Å². The average molecular weight is 428 g/mol. The van der Waals surface area contributed by atoms with E-state index in [9.17, 15) is 14.9 Å². The third-order valence-electron chi connectivity index (χ3n) is 5.00. The SMILES string of the molecule is C[n+]1[nH]oc(=O)c1SCC(=O)Nc1sc2c(c1C#N)CCC(c1ccccc1)C2. The molecule has 0 fully saturated rings. The summed E-state index contributed by atoms with van der Waals surface area (Å²) in [5.74, 6) is 0.224. The number of thiophene rings is 1. The first-order valence-electron chi connectivity index (χ1n) is 9.16. The Morgan fingerprint density at radius 2 is 2.24 bits per heavy atom.